The molecule has 1 saturated heterocycles. The van der Waals surface area contributed by atoms with E-state index in [1.165, 1.54) is 10.5 Å². The van der Waals surface area contributed by atoms with Crippen LogP contribution in [0.4, 0.5) is 9.59 Å². The maximum absolute atomic E-state index is 14.5. The fourth-order valence-corrected chi connectivity index (χ4v) is 9.76. The van der Waals surface area contributed by atoms with Crippen LogP contribution in [0, 0.1) is 16.7 Å². The summed E-state index contributed by atoms with van der Waals surface area (Å²) in [5.74, 6) is -2.30. The Balaban J connectivity index is 1.15. The Labute approximate surface area is 311 Å². The molecule has 5 amide bonds. The van der Waals surface area contributed by atoms with Gasteiger partial charge in [0.15, 0.2) is 0 Å². The second kappa shape index (κ2) is 13.8. The molecule has 5 atom stereocenters. The first kappa shape index (κ1) is 37.4. The highest BCUT2D eigenvalue weighted by molar-refractivity contribution is 7.91. The molecule has 14 nitrogen and oxygen atoms in total. The third-order valence-corrected chi connectivity index (χ3v) is 14.1. The van der Waals surface area contributed by atoms with Crippen LogP contribution in [-0.4, -0.2) is 90.3 Å². The Kier molecular flexibility index (Phi) is 9.72. The van der Waals surface area contributed by atoms with Crippen LogP contribution in [-0.2, 0) is 53.4 Å². The van der Waals surface area contributed by atoms with Gasteiger partial charge in [-0.15, -0.1) is 0 Å². The number of fused-ring (bicyclic) bond motifs is 3. The summed E-state index contributed by atoms with van der Waals surface area (Å²) in [6, 6.07) is 3.87. The first-order valence-electron chi connectivity index (χ1n) is 19.2. The van der Waals surface area contributed by atoms with Gasteiger partial charge in [-0.3, -0.25) is 24.0 Å². The van der Waals surface area contributed by atoms with Gasteiger partial charge in [-0.1, -0.05) is 58.7 Å². The van der Waals surface area contributed by atoms with Crippen molar-refractivity contribution in [3.63, 3.8) is 0 Å². The normalized spacial score (nSPS) is 30.2. The Hall–Kier alpha value is -3.88. The van der Waals surface area contributed by atoms with E-state index < -0.39 is 74.3 Å². The molecular formula is C38H53N5O9S. The highest BCUT2D eigenvalue weighted by atomic mass is 32.2. The zero-order chi connectivity index (χ0) is 37.9. The minimum absolute atomic E-state index is 0.0476. The third-order valence-electron chi connectivity index (χ3n) is 12.2. The first-order valence-corrected chi connectivity index (χ1v) is 20.8. The molecule has 7 rings (SSSR count). The van der Waals surface area contributed by atoms with E-state index in [2.05, 4.69) is 21.4 Å². The number of nitrogens with one attached hydrogen (secondary N) is 3. The van der Waals surface area contributed by atoms with Gasteiger partial charge in [-0.25, -0.2) is 18.0 Å². The number of ether oxygens (including phenoxy) is 2. The van der Waals surface area contributed by atoms with Crippen molar-refractivity contribution in [3.05, 3.63) is 34.9 Å². The van der Waals surface area contributed by atoms with Crippen molar-refractivity contribution in [3.8, 4) is 0 Å². The summed E-state index contributed by atoms with van der Waals surface area (Å²) >= 11 is 0. The van der Waals surface area contributed by atoms with Gasteiger partial charge < -0.3 is 25.0 Å². The molecule has 1 spiro atoms. The van der Waals surface area contributed by atoms with E-state index in [4.69, 9.17) is 9.47 Å². The number of benzene rings is 1. The van der Waals surface area contributed by atoms with E-state index in [1.807, 2.05) is 19.1 Å². The molecule has 3 heterocycles. The summed E-state index contributed by atoms with van der Waals surface area (Å²) in [5, 5.41) is 4.99. The van der Waals surface area contributed by atoms with Gasteiger partial charge in [0, 0.05) is 24.9 Å². The summed E-state index contributed by atoms with van der Waals surface area (Å²) in [6.07, 6.45) is 5.20. The monoisotopic (exact) mass is 755 g/mol. The number of aryl methyl sites for hydroxylation is 1. The van der Waals surface area contributed by atoms with Gasteiger partial charge in [-0.05, 0) is 79.4 Å². The molecular weight excluding hydrogens is 703 g/mol. The van der Waals surface area contributed by atoms with Crippen LogP contribution in [0.3, 0.4) is 0 Å². The van der Waals surface area contributed by atoms with Crippen molar-refractivity contribution >= 4 is 39.9 Å². The SMILES string of the molecule is CC[C@H]1C[C@]1(NC(=O)[C@@H]1C[C@@H]2CN1C(=O)[C@H](C(C)(C)C)NC(=O)OCC1(CCCCc3cccc4c3CN(C4)C(=O)O2)CC1)C(=O)NS(=O)(=O)C1CC1. The van der Waals surface area contributed by atoms with Gasteiger partial charge >= 0.3 is 12.2 Å². The zero-order valence-electron chi connectivity index (χ0n) is 31.2. The molecule has 1 aromatic carbocycles. The van der Waals surface area contributed by atoms with E-state index in [0.717, 1.165) is 49.7 Å². The zero-order valence-corrected chi connectivity index (χ0v) is 32.0. The van der Waals surface area contributed by atoms with Gasteiger partial charge in [0.1, 0.15) is 23.7 Å². The summed E-state index contributed by atoms with van der Waals surface area (Å²) in [7, 11) is -3.87. The Morgan fingerprint density at radius 2 is 1.77 bits per heavy atom. The molecule has 4 bridgehead atoms. The number of nitrogens with zero attached hydrogens (tertiary/aromatic N) is 2. The highest BCUT2D eigenvalue weighted by Gasteiger charge is 2.62. The van der Waals surface area contributed by atoms with Gasteiger partial charge in [-0.2, -0.15) is 0 Å². The van der Waals surface area contributed by atoms with E-state index in [1.54, 1.807) is 25.7 Å². The van der Waals surface area contributed by atoms with Crippen molar-refractivity contribution < 1.29 is 41.9 Å². The number of alkyl carbamates (subject to hydrolysis) is 1. The number of rotatable bonds is 6. The number of cyclic esters (lactones) is 1. The number of carbonyl (C=O) groups excluding carboxylic acids is 5. The predicted octanol–water partition coefficient (Wildman–Crippen LogP) is 3.65. The minimum atomic E-state index is -3.87. The lowest BCUT2D eigenvalue weighted by molar-refractivity contribution is -0.143. The lowest BCUT2D eigenvalue weighted by Gasteiger charge is -2.35. The lowest BCUT2D eigenvalue weighted by atomic mass is 9.85. The van der Waals surface area contributed by atoms with Crippen molar-refractivity contribution in [2.75, 3.05) is 13.2 Å². The Morgan fingerprint density at radius 3 is 2.43 bits per heavy atom. The maximum atomic E-state index is 14.5. The maximum Gasteiger partial charge on any atom is 0.410 e. The molecule has 3 aliphatic carbocycles. The molecule has 6 aliphatic rings. The quantitative estimate of drug-likeness (QED) is 0.391. The van der Waals surface area contributed by atoms with Crippen molar-refractivity contribution in [2.45, 2.75) is 140 Å². The third kappa shape index (κ3) is 7.72. The van der Waals surface area contributed by atoms with Crippen LogP contribution >= 0.6 is 0 Å². The van der Waals surface area contributed by atoms with E-state index in [-0.39, 0.29) is 37.3 Å². The second-order valence-electron chi connectivity index (χ2n) is 17.3. The molecule has 3 N–H and O–H groups in total. The molecule has 3 saturated carbocycles. The Morgan fingerprint density at radius 1 is 1.04 bits per heavy atom. The van der Waals surface area contributed by atoms with Crippen LogP contribution in [0.15, 0.2) is 18.2 Å². The van der Waals surface area contributed by atoms with E-state index >= 15 is 0 Å². The summed E-state index contributed by atoms with van der Waals surface area (Å²) in [4.78, 5) is 72.2. The fourth-order valence-electron chi connectivity index (χ4n) is 8.39. The second-order valence-corrected chi connectivity index (χ2v) is 19.3. The minimum Gasteiger partial charge on any atom is -0.449 e. The molecule has 53 heavy (non-hydrogen) atoms. The number of carbonyl (C=O) groups is 5. The fraction of sp³-hybridized carbons (Fsp3) is 0.711. The topological polar surface area (TPSA) is 181 Å². The molecule has 4 fully saturated rings. The van der Waals surface area contributed by atoms with Crippen LogP contribution in [0.2, 0.25) is 0 Å². The predicted molar refractivity (Wildman–Crippen MR) is 192 cm³/mol. The summed E-state index contributed by atoms with van der Waals surface area (Å²) in [5.41, 5.74) is 1.06. The number of hydrogen-bond acceptors (Lipinski definition) is 9. The van der Waals surface area contributed by atoms with Crippen molar-refractivity contribution in [2.24, 2.45) is 16.7 Å². The Bertz CT molecular complexity index is 1790. The van der Waals surface area contributed by atoms with Crippen LogP contribution in [0.25, 0.3) is 0 Å². The molecule has 15 heteroatoms. The van der Waals surface area contributed by atoms with Gasteiger partial charge in [0.05, 0.1) is 18.4 Å². The molecule has 0 radical (unpaired) electrons. The average Bonchev–Trinajstić information content (AvgIpc) is 4.05. The van der Waals surface area contributed by atoms with Gasteiger partial charge in [0.2, 0.25) is 21.8 Å². The smallest absolute Gasteiger partial charge is 0.410 e. The first-order chi connectivity index (χ1) is 25.0. The van der Waals surface area contributed by atoms with Crippen molar-refractivity contribution in [1.82, 2.24) is 25.2 Å². The number of amides is 5. The van der Waals surface area contributed by atoms with E-state index in [9.17, 15) is 32.4 Å². The van der Waals surface area contributed by atoms with Crippen LogP contribution < -0.4 is 15.4 Å². The lowest BCUT2D eigenvalue weighted by Crippen LogP contribution is -2.60. The molecule has 290 valence electrons. The summed E-state index contributed by atoms with van der Waals surface area (Å²) < 4.78 is 39.4. The molecule has 1 aromatic rings. The highest BCUT2D eigenvalue weighted by Crippen LogP contribution is 2.50. The summed E-state index contributed by atoms with van der Waals surface area (Å²) in [6.45, 7) is 8.19. The average molecular weight is 756 g/mol. The van der Waals surface area contributed by atoms with Crippen LogP contribution in [0.1, 0.15) is 109 Å². The number of hydrogen-bond donors (Lipinski definition) is 3. The van der Waals surface area contributed by atoms with E-state index in [0.29, 0.717) is 32.4 Å². The number of sulfonamides is 1. The van der Waals surface area contributed by atoms with Crippen LogP contribution in [0.5, 0.6) is 0 Å². The van der Waals surface area contributed by atoms with Gasteiger partial charge in [0.25, 0.3) is 5.91 Å². The molecule has 3 aliphatic heterocycles. The largest absolute Gasteiger partial charge is 0.449 e. The molecule has 0 unspecified atom stereocenters. The van der Waals surface area contributed by atoms with Crippen molar-refractivity contribution in [1.29, 1.82) is 0 Å². The molecule has 0 aromatic heterocycles. The standard InChI is InChI=1S/C38H53N5O9S/c1-5-25-18-38(25,33(46)41-53(49,50)27-12-13-27)40-31(44)29-17-26-20-43(29)32(45)30(36(2,3)4)39-34(47)51-22-37(15-16-37)14-7-6-9-23-10-8-11-24-19-42(21-28(23)24)35(48)52-26/h8,10-11,25-27,29-30H,5-7,9,12-22H2,1-4H3,(H,39,47)(H,40,44)(H,41,46)/t25-,26+,29-,30+,38+/m0/s1.